The minimum Gasteiger partial charge on any atom is -1.00 e. The summed E-state index contributed by atoms with van der Waals surface area (Å²) < 4.78 is 53.8. The van der Waals surface area contributed by atoms with Crippen molar-refractivity contribution in [2.75, 3.05) is 0 Å². The van der Waals surface area contributed by atoms with Crippen LogP contribution in [0.1, 0.15) is 1.43 Å². The fourth-order valence-corrected chi connectivity index (χ4v) is 1.25. The van der Waals surface area contributed by atoms with Crippen molar-refractivity contribution < 1.29 is 81.5 Å². The molecular weight excluding hydrogens is 293 g/mol. The molecule has 0 heterocycles. The van der Waals surface area contributed by atoms with Gasteiger partial charge in [-0.2, -0.15) is 12.7 Å². The van der Waals surface area contributed by atoms with E-state index in [2.05, 4.69) is 4.31 Å². The van der Waals surface area contributed by atoms with Crippen LogP contribution in [0.2, 0.25) is 0 Å². The Balaban J connectivity index is -0.0000000904. The maximum absolute atomic E-state index is 9.63. The Kier molecular flexibility index (Phi) is 10.6. The Labute approximate surface area is 107 Å². The van der Waals surface area contributed by atoms with Crippen LogP contribution in [0.4, 0.5) is 0 Å². The second-order valence-corrected chi connectivity index (χ2v) is 5.02. The Morgan fingerprint density at radius 3 is 1.07 bits per heavy atom. The Bertz CT molecular complexity index is 318. The molecule has 0 spiro atoms. The normalized spacial score (nSPS) is 12.1. The number of rotatable bonds is 2. The van der Waals surface area contributed by atoms with E-state index in [1.165, 1.54) is 0 Å². The van der Waals surface area contributed by atoms with Crippen LogP contribution in [0.5, 0.6) is 0 Å². The molecule has 0 radical (unpaired) electrons. The average Bonchev–Trinajstić information content (AvgIpc) is 1.42. The first-order valence-electron chi connectivity index (χ1n) is 2.23. The topological polar surface area (TPSA) is 199 Å². The SMILES string of the molecule is O=P(O)(O)OP(=O)(O)O.O=S(=O)(O)O.[H-].[Na+]. The number of hydrogen-bond acceptors (Lipinski definition) is 5. The second-order valence-electron chi connectivity index (χ2n) is 1.51. The maximum Gasteiger partial charge on any atom is 1.00 e. The van der Waals surface area contributed by atoms with E-state index in [1.807, 2.05) is 0 Å². The molecule has 0 saturated carbocycles. The first kappa shape index (κ1) is 21.4. The summed E-state index contributed by atoms with van der Waals surface area (Å²) in [6.45, 7) is 0. The van der Waals surface area contributed by atoms with Gasteiger partial charge in [0, 0.05) is 0 Å². The molecule has 0 atom stereocenters. The van der Waals surface area contributed by atoms with Crippen LogP contribution in [-0.2, 0) is 23.8 Å². The van der Waals surface area contributed by atoms with Crippen molar-refractivity contribution in [1.82, 2.24) is 0 Å². The standard InChI is InChI=1S/Na.H4O7P2.H2O4S.H/c;1-8(2,3)7-9(4,5)6;1-5(2,3)4;/h;(H2,1,2,3)(H2,4,5,6);(H2,1,2,3,4);/q+1;;;-1. The average molecular weight is 300 g/mol. The molecule has 0 aromatic carbocycles. The van der Waals surface area contributed by atoms with E-state index in [-0.39, 0.29) is 31.0 Å². The van der Waals surface area contributed by atoms with Crippen LogP contribution in [0.3, 0.4) is 0 Å². The van der Waals surface area contributed by atoms with E-state index in [1.54, 1.807) is 0 Å². The second kappa shape index (κ2) is 7.45. The van der Waals surface area contributed by atoms with Crippen molar-refractivity contribution in [3.05, 3.63) is 0 Å². The Morgan fingerprint density at radius 2 is 1.07 bits per heavy atom. The third-order valence-electron chi connectivity index (χ3n) is 0.213. The van der Waals surface area contributed by atoms with Crippen molar-refractivity contribution in [3.63, 3.8) is 0 Å². The van der Waals surface area contributed by atoms with Crippen LogP contribution >= 0.6 is 15.6 Å². The van der Waals surface area contributed by atoms with Crippen molar-refractivity contribution in [1.29, 1.82) is 0 Å². The van der Waals surface area contributed by atoms with E-state index in [0.717, 1.165) is 0 Å². The monoisotopic (exact) mass is 300 g/mol. The minimum absolute atomic E-state index is 0. The molecule has 0 fully saturated rings. The van der Waals surface area contributed by atoms with Crippen LogP contribution in [-0.4, -0.2) is 37.1 Å². The molecule has 11 nitrogen and oxygen atoms in total. The van der Waals surface area contributed by atoms with E-state index in [4.69, 9.17) is 37.1 Å². The van der Waals surface area contributed by atoms with Gasteiger partial charge in [-0.1, -0.05) is 0 Å². The summed E-state index contributed by atoms with van der Waals surface area (Å²) in [7, 11) is -14.8. The van der Waals surface area contributed by atoms with E-state index < -0.39 is 26.0 Å². The fourth-order valence-electron chi connectivity index (χ4n) is 0.139. The van der Waals surface area contributed by atoms with Gasteiger partial charge in [0.1, 0.15) is 0 Å². The van der Waals surface area contributed by atoms with Crippen LogP contribution in [0, 0.1) is 0 Å². The Hall–Kier alpha value is 1.13. The molecular formula is H7NaO11P2S. The van der Waals surface area contributed by atoms with Gasteiger partial charge < -0.3 is 21.0 Å². The molecule has 0 aromatic rings. The number of hydrogen-bond donors (Lipinski definition) is 6. The molecule has 0 unspecified atom stereocenters. The maximum atomic E-state index is 9.63. The molecule has 0 amide bonds. The molecule has 0 aromatic heterocycles. The summed E-state index contributed by atoms with van der Waals surface area (Å²) in [5.41, 5.74) is 0. The summed E-state index contributed by atoms with van der Waals surface area (Å²) in [4.78, 5) is 31.0. The van der Waals surface area contributed by atoms with Crippen molar-refractivity contribution >= 4 is 26.0 Å². The van der Waals surface area contributed by atoms with Gasteiger partial charge in [-0.25, -0.2) is 9.13 Å². The third kappa shape index (κ3) is 51.3. The van der Waals surface area contributed by atoms with Gasteiger partial charge in [0.05, 0.1) is 0 Å². The third-order valence-corrected chi connectivity index (χ3v) is 1.91. The van der Waals surface area contributed by atoms with Crippen molar-refractivity contribution in [3.8, 4) is 0 Å². The smallest absolute Gasteiger partial charge is 1.00 e. The molecule has 0 rings (SSSR count). The summed E-state index contributed by atoms with van der Waals surface area (Å²) in [5.74, 6) is 0. The molecule has 90 valence electrons. The van der Waals surface area contributed by atoms with Crippen LogP contribution in [0.15, 0.2) is 0 Å². The molecule has 0 bridgehead atoms. The zero-order valence-corrected chi connectivity index (χ0v) is 11.6. The van der Waals surface area contributed by atoms with Crippen molar-refractivity contribution in [2.24, 2.45) is 0 Å². The van der Waals surface area contributed by atoms with Gasteiger partial charge in [-0.15, -0.1) is 0 Å². The minimum atomic E-state index is -5.05. The van der Waals surface area contributed by atoms with Gasteiger partial charge in [0.15, 0.2) is 0 Å². The number of phosphoric acid groups is 2. The summed E-state index contributed by atoms with van der Waals surface area (Å²) in [6, 6.07) is 0. The predicted molar refractivity (Wildman–Crippen MR) is 40.5 cm³/mol. The molecule has 15 heavy (non-hydrogen) atoms. The molecule has 0 aliphatic heterocycles. The van der Waals surface area contributed by atoms with Gasteiger partial charge in [-0.05, 0) is 0 Å². The van der Waals surface area contributed by atoms with Gasteiger partial charge in [-0.3, -0.25) is 9.11 Å². The predicted octanol–water partition coefficient (Wildman–Crippen LogP) is -4.35. The molecule has 0 saturated heterocycles. The van der Waals surface area contributed by atoms with Crippen LogP contribution < -0.4 is 29.6 Å². The van der Waals surface area contributed by atoms with Gasteiger partial charge in [0.2, 0.25) is 0 Å². The zero-order valence-electron chi connectivity index (χ0n) is 8.03. The summed E-state index contributed by atoms with van der Waals surface area (Å²) in [6.07, 6.45) is 0. The first-order valence-corrected chi connectivity index (χ1v) is 6.69. The van der Waals surface area contributed by atoms with E-state index in [0.29, 0.717) is 0 Å². The van der Waals surface area contributed by atoms with E-state index in [9.17, 15) is 9.13 Å². The molecule has 0 aliphatic carbocycles. The summed E-state index contributed by atoms with van der Waals surface area (Å²) >= 11 is 0. The molecule has 15 heteroatoms. The largest absolute Gasteiger partial charge is 1.00 e. The Morgan fingerprint density at radius 1 is 0.933 bits per heavy atom. The van der Waals surface area contributed by atoms with E-state index >= 15 is 0 Å². The first-order chi connectivity index (χ1) is 5.71. The van der Waals surface area contributed by atoms with Crippen molar-refractivity contribution in [2.45, 2.75) is 0 Å². The quantitative estimate of drug-likeness (QED) is 0.163. The zero-order chi connectivity index (χ0) is 12.2. The van der Waals surface area contributed by atoms with Gasteiger partial charge in [0.25, 0.3) is 0 Å². The fraction of sp³-hybridized carbons (Fsp3) is 0. The molecule has 0 aliphatic rings. The summed E-state index contributed by atoms with van der Waals surface area (Å²) in [5, 5.41) is 0. The van der Waals surface area contributed by atoms with Crippen LogP contribution in [0.25, 0.3) is 0 Å². The van der Waals surface area contributed by atoms with Gasteiger partial charge >= 0.3 is 55.6 Å². The molecule has 6 N–H and O–H groups in total.